The van der Waals surface area contributed by atoms with Crippen molar-refractivity contribution in [2.24, 2.45) is 5.92 Å². The van der Waals surface area contributed by atoms with E-state index in [-0.39, 0.29) is 17.9 Å². The number of nitrogens with zero attached hydrogens (tertiary/aromatic N) is 2. The Morgan fingerprint density at radius 2 is 1.88 bits per heavy atom. The smallest absolute Gasteiger partial charge is 0.256 e. The average Bonchev–Trinajstić information content (AvgIpc) is 2.38. The van der Waals surface area contributed by atoms with Gasteiger partial charge in [0.2, 0.25) is 0 Å². The summed E-state index contributed by atoms with van der Waals surface area (Å²) in [6, 6.07) is -0.0290. The Balaban J connectivity index is 2.84. The third kappa shape index (κ3) is 3.40. The summed E-state index contributed by atoms with van der Waals surface area (Å²) in [4.78, 5) is 27.2. The van der Waals surface area contributed by atoms with Crippen LogP contribution < -0.4 is 0 Å². The highest BCUT2D eigenvalue weighted by atomic mass is 16.2. The van der Waals surface area contributed by atoms with Crippen LogP contribution in [0.1, 0.15) is 27.2 Å². The summed E-state index contributed by atoms with van der Waals surface area (Å²) in [5.41, 5.74) is 0.544. The lowest BCUT2D eigenvalue weighted by atomic mass is 10.0. The molecule has 0 aliphatic carbocycles. The first-order chi connectivity index (χ1) is 7.82. The summed E-state index contributed by atoms with van der Waals surface area (Å²) < 4.78 is 0. The zero-order valence-corrected chi connectivity index (χ0v) is 11.4. The average molecular weight is 238 g/mol. The number of amides is 2. The van der Waals surface area contributed by atoms with Crippen LogP contribution >= 0.6 is 0 Å². The maximum absolute atomic E-state index is 11.9. The van der Waals surface area contributed by atoms with Gasteiger partial charge in [0.05, 0.1) is 6.04 Å². The predicted octanol–water partition coefficient (Wildman–Crippen LogP) is 1.28. The van der Waals surface area contributed by atoms with E-state index in [0.717, 1.165) is 13.0 Å². The minimum absolute atomic E-state index is 0.0290. The van der Waals surface area contributed by atoms with Gasteiger partial charge in [0, 0.05) is 18.2 Å². The first-order valence-electron chi connectivity index (χ1n) is 6.03. The molecule has 0 aromatic heterocycles. The molecule has 1 heterocycles. The lowest BCUT2D eigenvalue weighted by Gasteiger charge is -2.30. The monoisotopic (exact) mass is 238 g/mol. The van der Waals surface area contributed by atoms with Gasteiger partial charge in [0.25, 0.3) is 11.8 Å². The summed E-state index contributed by atoms with van der Waals surface area (Å²) in [5, 5.41) is 0. The lowest BCUT2D eigenvalue weighted by molar-refractivity contribution is -0.140. The van der Waals surface area contributed by atoms with Crippen LogP contribution in [0.4, 0.5) is 0 Å². The SMILES string of the molecule is CC1=CC(=O)N(C(CC(C)C)CN(C)C)C1=O. The van der Waals surface area contributed by atoms with Crippen molar-refractivity contribution in [3.63, 3.8) is 0 Å². The fraction of sp³-hybridized carbons (Fsp3) is 0.692. The highest BCUT2D eigenvalue weighted by molar-refractivity contribution is 6.16. The van der Waals surface area contributed by atoms with Gasteiger partial charge in [0.15, 0.2) is 0 Å². The van der Waals surface area contributed by atoms with Crippen LogP contribution in [0.15, 0.2) is 11.6 Å². The van der Waals surface area contributed by atoms with Crippen LogP contribution in [0.3, 0.4) is 0 Å². The number of likely N-dealkylation sites (N-methyl/N-ethyl adjacent to an activating group) is 1. The zero-order chi connectivity index (χ0) is 13.2. The molecule has 1 aliphatic rings. The summed E-state index contributed by atoms with van der Waals surface area (Å²) in [5.74, 6) is 0.156. The van der Waals surface area contributed by atoms with Gasteiger partial charge in [-0.25, -0.2) is 0 Å². The molecule has 0 saturated carbocycles. The number of rotatable bonds is 5. The molecule has 0 fully saturated rings. The second-order valence-electron chi connectivity index (χ2n) is 5.39. The van der Waals surface area contributed by atoms with Gasteiger partial charge in [-0.2, -0.15) is 0 Å². The molecule has 1 rings (SSSR count). The van der Waals surface area contributed by atoms with Crippen LogP contribution in [0.2, 0.25) is 0 Å². The molecular formula is C13H22N2O2. The number of carbonyl (C=O) groups is 2. The van der Waals surface area contributed by atoms with Crippen molar-refractivity contribution in [2.75, 3.05) is 20.6 Å². The zero-order valence-electron chi connectivity index (χ0n) is 11.4. The molecule has 4 heteroatoms. The molecule has 1 unspecified atom stereocenters. The number of hydrogen-bond acceptors (Lipinski definition) is 3. The van der Waals surface area contributed by atoms with E-state index in [2.05, 4.69) is 13.8 Å². The van der Waals surface area contributed by atoms with Gasteiger partial charge in [-0.1, -0.05) is 13.8 Å². The van der Waals surface area contributed by atoms with Crippen molar-refractivity contribution in [1.82, 2.24) is 9.80 Å². The van der Waals surface area contributed by atoms with Crippen LogP contribution in [0.25, 0.3) is 0 Å². The molecule has 0 spiro atoms. The molecule has 0 N–H and O–H groups in total. The summed E-state index contributed by atoms with van der Waals surface area (Å²) >= 11 is 0. The number of carbonyl (C=O) groups excluding carboxylic acids is 2. The first-order valence-corrected chi connectivity index (χ1v) is 6.03. The second-order valence-corrected chi connectivity index (χ2v) is 5.39. The molecule has 0 aromatic carbocycles. The minimum Gasteiger partial charge on any atom is -0.307 e. The fourth-order valence-corrected chi connectivity index (χ4v) is 2.18. The van der Waals surface area contributed by atoms with Gasteiger partial charge in [0.1, 0.15) is 0 Å². The lowest BCUT2D eigenvalue weighted by Crippen LogP contribution is -2.46. The third-order valence-corrected chi connectivity index (χ3v) is 2.82. The van der Waals surface area contributed by atoms with E-state index in [4.69, 9.17) is 0 Å². The molecule has 2 amide bonds. The molecule has 1 atom stereocenters. The Morgan fingerprint density at radius 3 is 2.24 bits per heavy atom. The van der Waals surface area contributed by atoms with Crippen LogP contribution in [-0.2, 0) is 9.59 Å². The van der Waals surface area contributed by atoms with E-state index in [1.165, 1.54) is 11.0 Å². The highest BCUT2D eigenvalue weighted by Crippen LogP contribution is 2.20. The van der Waals surface area contributed by atoms with Gasteiger partial charge in [-0.15, -0.1) is 0 Å². The molecule has 0 radical (unpaired) electrons. The fourth-order valence-electron chi connectivity index (χ4n) is 2.18. The van der Waals surface area contributed by atoms with Gasteiger partial charge < -0.3 is 4.90 Å². The molecule has 0 aromatic rings. The van der Waals surface area contributed by atoms with E-state index >= 15 is 0 Å². The Bertz CT molecular complexity index is 335. The maximum atomic E-state index is 11.9. The third-order valence-electron chi connectivity index (χ3n) is 2.82. The Morgan fingerprint density at radius 1 is 1.29 bits per heavy atom. The van der Waals surface area contributed by atoms with E-state index in [1.807, 2.05) is 19.0 Å². The molecule has 0 bridgehead atoms. The molecular weight excluding hydrogens is 216 g/mol. The maximum Gasteiger partial charge on any atom is 0.256 e. The van der Waals surface area contributed by atoms with Gasteiger partial charge in [-0.3, -0.25) is 14.5 Å². The van der Waals surface area contributed by atoms with Crippen molar-refractivity contribution >= 4 is 11.8 Å². The Kier molecular flexibility index (Phi) is 4.46. The van der Waals surface area contributed by atoms with Crippen LogP contribution in [-0.4, -0.2) is 48.3 Å². The Labute approximate surface area is 103 Å². The standard InChI is InChI=1S/C13H22N2O2/c1-9(2)6-11(8-14(4)5)15-12(16)7-10(3)13(15)17/h7,9,11H,6,8H2,1-5H3. The van der Waals surface area contributed by atoms with E-state index in [9.17, 15) is 9.59 Å². The highest BCUT2D eigenvalue weighted by Gasteiger charge is 2.34. The van der Waals surface area contributed by atoms with Crippen molar-refractivity contribution in [3.8, 4) is 0 Å². The predicted molar refractivity (Wildman–Crippen MR) is 67.4 cm³/mol. The molecule has 96 valence electrons. The first kappa shape index (κ1) is 13.9. The number of imide groups is 1. The van der Waals surface area contributed by atoms with Crippen LogP contribution in [0.5, 0.6) is 0 Å². The molecule has 1 aliphatic heterocycles. The molecule has 17 heavy (non-hydrogen) atoms. The summed E-state index contributed by atoms with van der Waals surface area (Å²) in [6.45, 7) is 6.63. The van der Waals surface area contributed by atoms with Gasteiger partial charge >= 0.3 is 0 Å². The normalized spacial score (nSPS) is 18.3. The van der Waals surface area contributed by atoms with Crippen molar-refractivity contribution in [2.45, 2.75) is 33.2 Å². The topological polar surface area (TPSA) is 40.6 Å². The number of hydrogen-bond donors (Lipinski definition) is 0. The van der Waals surface area contributed by atoms with E-state index in [0.29, 0.717) is 11.5 Å². The summed E-state index contributed by atoms with van der Waals surface area (Å²) in [6.07, 6.45) is 2.28. The Hall–Kier alpha value is -1.16. The largest absolute Gasteiger partial charge is 0.307 e. The second kappa shape index (κ2) is 5.45. The van der Waals surface area contributed by atoms with E-state index < -0.39 is 0 Å². The van der Waals surface area contributed by atoms with E-state index in [1.54, 1.807) is 6.92 Å². The molecule has 4 nitrogen and oxygen atoms in total. The van der Waals surface area contributed by atoms with Crippen molar-refractivity contribution in [3.05, 3.63) is 11.6 Å². The minimum atomic E-state index is -0.167. The van der Waals surface area contributed by atoms with Crippen molar-refractivity contribution < 1.29 is 9.59 Å². The molecule has 0 saturated heterocycles. The van der Waals surface area contributed by atoms with Crippen LogP contribution in [0, 0.1) is 5.92 Å². The summed E-state index contributed by atoms with van der Waals surface area (Å²) in [7, 11) is 3.91. The van der Waals surface area contributed by atoms with Gasteiger partial charge in [-0.05, 0) is 33.4 Å². The van der Waals surface area contributed by atoms with Crippen molar-refractivity contribution in [1.29, 1.82) is 0 Å². The quantitative estimate of drug-likeness (QED) is 0.677.